The van der Waals surface area contributed by atoms with Gasteiger partial charge in [0.1, 0.15) is 24.9 Å². The number of hydrogen-bond acceptors (Lipinski definition) is 11. The van der Waals surface area contributed by atoms with Crippen LogP contribution in [0, 0.1) is 17.8 Å². The summed E-state index contributed by atoms with van der Waals surface area (Å²) in [6.07, 6.45) is 7.69. The van der Waals surface area contributed by atoms with Gasteiger partial charge in [0, 0.05) is 20.1 Å². The average molecular weight is 809 g/mol. The number of methoxy groups -OCH3 is 1. The predicted octanol–water partition coefficient (Wildman–Crippen LogP) is 0.680. The first kappa shape index (κ1) is 47.2. The molecular formula is C39H64N6O12. The number of carboxylic acids is 1. The van der Waals surface area contributed by atoms with Gasteiger partial charge in [-0.3, -0.25) is 38.4 Å². The highest BCUT2D eigenvalue weighted by Crippen LogP contribution is 2.33. The van der Waals surface area contributed by atoms with Crippen molar-refractivity contribution in [1.29, 1.82) is 0 Å². The molecule has 0 bridgehead atoms. The van der Waals surface area contributed by atoms with Crippen LogP contribution in [0.15, 0.2) is 0 Å². The number of carbonyl (C=O) groups is 8. The Morgan fingerprint density at radius 1 is 0.807 bits per heavy atom. The molecule has 18 nitrogen and oxygen atoms in total. The molecule has 0 spiro atoms. The number of hydrogen-bond donors (Lipinski definition) is 6. The summed E-state index contributed by atoms with van der Waals surface area (Å²) >= 11 is 0. The topological polar surface area (TPSA) is 262 Å². The summed E-state index contributed by atoms with van der Waals surface area (Å²) < 4.78 is 16.4. The lowest BCUT2D eigenvalue weighted by atomic mass is 9.78. The van der Waals surface area contributed by atoms with Crippen LogP contribution >= 0.6 is 0 Å². The highest BCUT2D eigenvalue weighted by Gasteiger charge is 2.46. The van der Waals surface area contributed by atoms with Crippen molar-refractivity contribution in [2.45, 2.75) is 140 Å². The fourth-order valence-electron chi connectivity index (χ4n) is 7.95. The fourth-order valence-corrected chi connectivity index (χ4v) is 7.95. The number of Topliss-reactive ketones (excluding diaryl/α,β-unsaturated/α-hetero) is 1. The van der Waals surface area contributed by atoms with E-state index in [1.54, 1.807) is 6.92 Å². The molecule has 57 heavy (non-hydrogen) atoms. The number of aliphatic carboxylic acids is 1. The van der Waals surface area contributed by atoms with Crippen LogP contribution in [0.2, 0.25) is 0 Å². The number of unbranched alkanes of at least 4 members (excludes halogenated alkanes) is 1. The molecule has 2 aliphatic carbocycles. The third-order valence-electron chi connectivity index (χ3n) is 11.1. The molecule has 6 amide bonds. The van der Waals surface area contributed by atoms with Crippen molar-refractivity contribution >= 4 is 47.2 Å². The summed E-state index contributed by atoms with van der Waals surface area (Å²) in [6, 6.07) is -4.40. The molecule has 7 N–H and O–H groups in total. The second kappa shape index (κ2) is 24.6. The Morgan fingerprint density at radius 3 is 2.12 bits per heavy atom. The Balaban J connectivity index is 1.80. The average Bonchev–Trinajstić information content (AvgIpc) is 3.64. The molecule has 18 heteroatoms. The van der Waals surface area contributed by atoms with E-state index >= 15 is 0 Å². The number of amides is 6. The minimum Gasteiger partial charge on any atom is -0.481 e. The van der Waals surface area contributed by atoms with Gasteiger partial charge < -0.3 is 51.2 Å². The molecule has 0 aromatic carbocycles. The zero-order valence-electron chi connectivity index (χ0n) is 33.7. The number of nitrogens with two attached hydrogens (primary N) is 1. The van der Waals surface area contributed by atoms with Crippen molar-refractivity contribution < 1.29 is 57.7 Å². The third-order valence-corrected chi connectivity index (χ3v) is 11.1. The number of nitrogens with one attached hydrogen (secondary N) is 4. The van der Waals surface area contributed by atoms with Crippen molar-refractivity contribution in [2.24, 2.45) is 23.5 Å². The summed E-state index contributed by atoms with van der Waals surface area (Å²) in [6.45, 7) is 3.47. The molecule has 3 fully saturated rings. The number of ketones is 1. The van der Waals surface area contributed by atoms with Crippen LogP contribution in [0.3, 0.4) is 0 Å². The van der Waals surface area contributed by atoms with Gasteiger partial charge in [-0.2, -0.15) is 0 Å². The molecule has 1 aliphatic heterocycles. The minimum absolute atomic E-state index is 0.0265. The lowest BCUT2D eigenvalue weighted by molar-refractivity contribution is -0.150. The molecule has 0 aromatic rings. The number of likely N-dealkylation sites (tertiary alicyclic amines) is 1. The van der Waals surface area contributed by atoms with E-state index in [4.69, 9.17) is 19.9 Å². The van der Waals surface area contributed by atoms with Crippen LogP contribution < -0.4 is 27.0 Å². The van der Waals surface area contributed by atoms with E-state index in [-0.39, 0.29) is 38.7 Å². The maximum Gasteiger partial charge on any atom is 0.307 e. The van der Waals surface area contributed by atoms with Gasteiger partial charge in [-0.15, -0.1) is 0 Å². The summed E-state index contributed by atoms with van der Waals surface area (Å²) in [5.74, 6) is -8.23. The maximum atomic E-state index is 14.6. The predicted molar refractivity (Wildman–Crippen MR) is 205 cm³/mol. The van der Waals surface area contributed by atoms with Gasteiger partial charge in [0.2, 0.25) is 35.3 Å². The van der Waals surface area contributed by atoms with E-state index in [0.717, 1.165) is 25.7 Å². The zero-order chi connectivity index (χ0) is 41.9. The summed E-state index contributed by atoms with van der Waals surface area (Å²) in [7, 11) is 1.53. The molecule has 2 saturated carbocycles. The summed E-state index contributed by atoms with van der Waals surface area (Å²) in [5, 5.41) is 20.2. The van der Waals surface area contributed by atoms with Crippen LogP contribution in [0.5, 0.6) is 0 Å². The first-order valence-electron chi connectivity index (χ1n) is 20.6. The Hall–Kier alpha value is -4.16. The monoisotopic (exact) mass is 808 g/mol. The highest BCUT2D eigenvalue weighted by molar-refractivity contribution is 6.38. The molecular weight excluding hydrogens is 744 g/mol. The molecule has 7 atom stereocenters. The standard InChI is InChI=1S/C39H64N6O12/c1-4-6-17-29(34(40)48)42-31(46)21-41-37(51)33(47)28(12-5-2)43-36(50)30-20-25(57-23-56-19-18-55-3)22-45(30)38(52)32(24-13-8-7-9-14-24)44-35(49)26-15-10-11-16-27(26)39(53)54/h24-30,32H,4-23H2,1-3H3,(H2,40,48)(H,41,51)(H,42,46)(H,43,50)(H,44,49)(H,53,54)/t25-,26-,27-,28?,29?,30+,32?/m1/s1. The van der Waals surface area contributed by atoms with Gasteiger partial charge in [-0.05, 0) is 44.4 Å². The number of carbonyl (C=O) groups excluding carboxylic acids is 7. The first-order valence-corrected chi connectivity index (χ1v) is 20.6. The lowest BCUT2D eigenvalue weighted by Gasteiger charge is -2.36. The van der Waals surface area contributed by atoms with E-state index in [2.05, 4.69) is 21.3 Å². The van der Waals surface area contributed by atoms with Crippen LogP contribution in [-0.2, 0) is 52.6 Å². The van der Waals surface area contributed by atoms with Gasteiger partial charge in [0.25, 0.3) is 5.91 Å². The van der Waals surface area contributed by atoms with Gasteiger partial charge in [-0.1, -0.05) is 65.2 Å². The molecule has 3 unspecified atom stereocenters. The van der Waals surface area contributed by atoms with Crippen LogP contribution in [0.25, 0.3) is 0 Å². The molecule has 0 aromatic heterocycles. The van der Waals surface area contributed by atoms with Gasteiger partial charge in [-0.25, -0.2) is 0 Å². The third kappa shape index (κ3) is 14.6. The normalized spacial score (nSPS) is 22.8. The van der Waals surface area contributed by atoms with Crippen molar-refractivity contribution in [3.63, 3.8) is 0 Å². The second-order valence-electron chi connectivity index (χ2n) is 15.3. The highest BCUT2D eigenvalue weighted by atomic mass is 16.7. The number of carboxylic acid groups (broad SMARTS) is 1. The van der Waals surface area contributed by atoms with Crippen LogP contribution in [-0.4, -0.2) is 128 Å². The molecule has 0 radical (unpaired) electrons. The molecule has 3 rings (SSSR count). The second-order valence-corrected chi connectivity index (χ2v) is 15.3. The number of primary amides is 1. The Bertz CT molecular complexity index is 1390. The van der Waals surface area contributed by atoms with Crippen molar-refractivity contribution in [3.05, 3.63) is 0 Å². The van der Waals surface area contributed by atoms with Gasteiger partial charge in [0.05, 0.1) is 43.7 Å². The quantitative estimate of drug-likeness (QED) is 0.0447. The maximum absolute atomic E-state index is 14.6. The minimum atomic E-state index is -1.30. The van der Waals surface area contributed by atoms with E-state index in [0.29, 0.717) is 64.4 Å². The van der Waals surface area contributed by atoms with E-state index in [1.165, 1.54) is 12.0 Å². The van der Waals surface area contributed by atoms with Crippen LogP contribution in [0.1, 0.15) is 110 Å². The van der Waals surface area contributed by atoms with E-state index < -0.39 is 95.8 Å². The van der Waals surface area contributed by atoms with Crippen molar-refractivity contribution in [2.75, 3.05) is 40.2 Å². The van der Waals surface area contributed by atoms with E-state index in [1.807, 2.05) is 6.92 Å². The first-order chi connectivity index (χ1) is 27.3. The van der Waals surface area contributed by atoms with Gasteiger partial charge >= 0.3 is 5.97 Å². The summed E-state index contributed by atoms with van der Waals surface area (Å²) in [4.78, 5) is 107. The fraction of sp³-hybridized carbons (Fsp3) is 0.795. The Morgan fingerprint density at radius 2 is 1.49 bits per heavy atom. The largest absolute Gasteiger partial charge is 0.481 e. The number of rotatable bonds is 24. The Kier molecular flexibility index (Phi) is 20.4. The van der Waals surface area contributed by atoms with Gasteiger partial charge in [0.15, 0.2) is 0 Å². The van der Waals surface area contributed by atoms with Crippen molar-refractivity contribution in [1.82, 2.24) is 26.2 Å². The Labute approximate surface area is 334 Å². The SMILES string of the molecule is CCCCC(NC(=O)CNC(=O)C(=O)C(CCC)NC(=O)[C@@H]1C[C@@H](OCOCCOC)CN1C(=O)C(NC(=O)[C@@H]1CCCC[C@H]1C(=O)O)C1CCCCC1)C(N)=O. The zero-order valence-corrected chi connectivity index (χ0v) is 33.7. The molecule has 1 saturated heterocycles. The lowest BCUT2D eigenvalue weighted by Crippen LogP contribution is -2.59. The molecule has 3 aliphatic rings. The molecule has 1 heterocycles. The van der Waals surface area contributed by atoms with Crippen LogP contribution in [0.4, 0.5) is 0 Å². The van der Waals surface area contributed by atoms with Crippen molar-refractivity contribution in [3.8, 4) is 0 Å². The smallest absolute Gasteiger partial charge is 0.307 e. The molecule has 322 valence electrons. The summed E-state index contributed by atoms with van der Waals surface area (Å²) in [5.41, 5.74) is 5.38. The van der Waals surface area contributed by atoms with E-state index in [9.17, 15) is 43.5 Å². The number of ether oxygens (including phenoxy) is 3. The number of nitrogens with zero attached hydrogens (tertiary/aromatic N) is 1.